The summed E-state index contributed by atoms with van der Waals surface area (Å²) in [6, 6.07) is 7.29. The van der Waals surface area contributed by atoms with Crippen molar-refractivity contribution in [1.82, 2.24) is 0 Å². The monoisotopic (exact) mass is 332 g/mol. The molecule has 1 heterocycles. The molecule has 1 unspecified atom stereocenters. The number of hydrogen-bond acceptors (Lipinski definition) is 2. The molecule has 122 valence electrons. The van der Waals surface area contributed by atoms with Gasteiger partial charge < -0.3 is 10.6 Å². The van der Waals surface area contributed by atoms with Crippen LogP contribution in [0.4, 0.5) is 11.4 Å². The summed E-state index contributed by atoms with van der Waals surface area (Å²) in [5.41, 5.74) is 4.06. The van der Waals surface area contributed by atoms with E-state index < -0.39 is 0 Å². The van der Waals surface area contributed by atoms with Crippen LogP contribution in [-0.2, 0) is 6.42 Å². The van der Waals surface area contributed by atoms with Crippen molar-refractivity contribution in [3.05, 3.63) is 23.8 Å². The summed E-state index contributed by atoms with van der Waals surface area (Å²) in [5.74, 6) is 0. The Hall–Kier alpha value is -0.600. The molecule has 0 radical (unpaired) electrons. The minimum Gasteiger partial charge on any atom is -0.384 e. The molecule has 0 saturated heterocycles. The van der Waals surface area contributed by atoms with Gasteiger partial charge in [-0.3, -0.25) is 0 Å². The average molecular weight is 333 g/mol. The van der Waals surface area contributed by atoms with Gasteiger partial charge in [0.1, 0.15) is 0 Å². The van der Waals surface area contributed by atoms with Crippen molar-refractivity contribution >= 4 is 36.2 Å². The molecule has 1 atom stereocenters. The molecule has 2 N–H and O–H groups in total. The summed E-state index contributed by atoms with van der Waals surface area (Å²) in [4.78, 5) is 0. The summed E-state index contributed by atoms with van der Waals surface area (Å²) in [7, 11) is 0. The molecule has 0 aliphatic carbocycles. The third-order valence-electron chi connectivity index (χ3n) is 3.97. The SMILES string of the molecule is CCCCCCCC(C)Nc1ccc2c(c1)CCN2.Cl.Cl. The molecule has 2 rings (SSSR count). The smallest absolute Gasteiger partial charge is 0.0375 e. The lowest BCUT2D eigenvalue weighted by Crippen LogP contribution is -2.14. The van der Waals surface area contributed by atoms with Gasteiger partial charge in [-0.05, 0) is 43.5 Å². The van der Waals surface area contributed by atoms with Crippen LogP contribution in [-0.4, -0.2) is 12.6 Å². The molecule has 0 fully saturated rings. The Balaban J connectivity index is 0.00000200. The lowest BCUT2D eigenvalue weighted by molar-refractivity contribution is 0.578. The molecule has 0 spiro atoms. The molecule has 1 aromatic rings. The van der Waals surface area contributed by atoms with Gasteiger partial charge in [0.15, 0.2) is 0 Å². The largest absolute Gasteiger partial charge is 0.384 e. The molecule has 1 aliphatic rings. The van der Waals surface area contributed by atoms with Crippen LogP contribution in [0.15, 0.2) is 18.2 Å². The zero-order valence-corrected chi connectivity index (χ0v) is 14.9. The first-order chi connectivity index (χ1) is 9.29. The number of anilines is 2. The van der Waals surface area contributed by atoms with E-state index in [0.29, 0.717) is 6.04 Å². The van der Waals surface area contributed by atoms with Crippen LogP contribution < -0.4 is 10.6 Å². The first kappa shape index (κ1) is 20.4. The summed E-state index contributed by atoms with van der Waals surface area (Å²) >= 11 is 0. The van der Waals surface area contributed by atoms with Crippen LogP contribution in [0.3, 0.4) is 0 Å². The van der Waals surface area contributed by atoms with Crippen molar-refractivity contribution in [3.8, 4) is 0 Å². The van der Waals surface area contributed by atoms with E-state index in [1.165, 1.54) is 55.5 Å². The van der Waals surface area contributed by atoms with Crippen LogP contribution in [0, 0.1) is 0 Å². The van der Waals surface area contributed by atoms with Gasteiger partial charge in [0.2, 0.25) is 0 Å². The Labute approximate surface area is 142 Å². The van der Waals surface area contributed by atoms with E-state index in [1.807, 2.05) is 0 Å². The molecule has 0 aromatic heterocycles. The van der Waals surface area contributed by atoms with E-state index in [-0.39, 0.29) is 24.8 Å². The second-order valence-corrected chi connectivity index (χ2v) is 5.80. The molecule has 2 nitrogen and oxygen atoms in total. The van der Waals surface area contributed by atoms with Gasteiger partial charge in [0.05, 0.1) is 0 Å². The number of benzene rings is 1. The van der Waals surface area contributed by atoms with Gasteiger partial charge in [-0.2, -0.15) is 0 Å². The minimum atomic E-state index is 0. The highest BCUT2D eigenvalue weighted by atomic mass is 35.5. The topological polar surface area (TPSA) is 24.1 Å². The molecular formula is C17H30Cl2N2. The maximum absolute atomic E-state index is 3.63. The maximum Gasteiger partial charge on any atom is 0.0375 e. The molecule has 0 saturated carbocycles. The number of fused-ring (bicyclic) bond motifs is 1. The van der Waals surface area contributed by atoms with Crippen molar-refractivity contribution in [1.29, 1.82) is 0 Å². The number of rotatable bonds is 8. The lowest BCUT2D eigenvalue weighted by Gasteiger charge is -2.16. The Bertz CT molecular complexity index is 396. The van der Waals surface area contributed by atoms with Crippen molar-refractivity contribution in [3.63, 3.8) is 0 Å². The van der Waals surface area contributed by atoms with Crippen LogP contribution in [0.2, 0.25) is 0 Å². The van der Waals surface area contributed by atoms with Crippen LogP contribution in [0.5, 0.6) is 0 Å². The maximum atomic E-state index is 3.63. The van der Waals surface area contributed by atoms with E-state index in [0.717, 1.165) is 13.0 Å². The number of hydrogen-bond donors (Lipinski definition) is 2. The Kier molecular flexibility index (Phi) is 10.7. The average Bonchev–Trinajstić information content (AvgIpc) is 2.86. The highest BCUT2D eigenvalue weighted by Gasteiger charge is 2.10. The molecule has 4 heteroatoms. The number of nitrogens with one attached hydrogen (secondary N) is 2. The zero-order chi connectivity index (χ0) is 13.5. The van der Waals surface area contributed by atoms with Crippen LogP contribution >= 0.6 is 24.8 Å². The van der Waals surface area contributed by atoms with E-state index in [4.69, 9.17) is 0 Å². The van der Waals surface area contributed by atoms with Crippen LogP contribution in [0.1, 0.15) is 57.9 Å². The third-order valence-corrected chi connectivity index (χ3v) is 3.97. The van der Waals surface area contributed by atoms with Gasteiger partial charge in [0, 0.05) is 24.0 Å². The fourth-order valence-electron chi connectivity index (χ4n) is 2.81. The second kappa shape index (κ2) is 11.0. The minimum absolute atomic E-state index is 0. The normalized spacial score (nSPS) is 13.4. The highest BCUT2D eigenvalue weighted by molar-refractivity contribution is 5.85. The van der Waals surface area contributed by atoms with E-state index in [9.17, 15) is 0 Å². The molecule has 21 heavy (non-hydrogen) atoms. The Morgan fingerprint density at radius 2 is 1.90 bits per heavy atom. The van der Waals surface area contributed by atoms with Gasteiger partial charge in [-0.15, -0.1) is 24.8 Å². The fourth-order valence-corrected chi connectivity index (χ4v) is 2.81. The second-order valence-electron chi connectivity index (χ2n) is 5.80. The third kappa shape index (κ3) is 6.80. The molecule has 1 aliphatic heterocycles. The van der Waals surface area contributed by atoms with Gasteiger partial charge in [0.25, 0.3) is 0 Å². The molecule has 0 amide bonds. The predicted molar refractivity (Wildman–Crippen MR) is 99.6 cm³/mol. The number of halogens is 2. The highest BCUT2D eigenvalue weighted by Crippen LogP contribution is 2.25. The van der Waals surface area contributed by atoms with Crippen molar-refractivity contribution in [2.75, 3.05) is 17.2 Å². The summed E-state index contributed by atoms with van der Waals surface area (Å²) in [6.45, 7) is 5.66. The van der Waals surface area contributed by atoms with Gasteiger partial charge in [-0.1, -0.05) is 39.0 Å². The zero-order valence-electron chi connectivity index (χ0n) is 13.3. The van der Waals surface area contributed by atoms with E-state index in [2.05, 4.69) is 42.7 Å². The fraction of sp³-hybridized carbons (Fsp3) is 0.647. The van der Waals surface area contributed by atoms with Crippen molar-refractivity contribution in [2.45, 2.75) is 64.8 Å². The summed E-state index contributed by atoms with van der Waals surface area (Å²) < 4.78 is 0. The van der Waals surface area contributed by atoms with E-state index in [1.54, 1.807) is 0 Å². The number of unbranched alkanes of at least 4 members (excludes halogenated alkanes) is 4. The molecular weight excluding hydrogens is 303 g/mol. The first-order valence-electron chi connectivity index (χ1n) is 7.93. The Morgan fingerprint density at radius 3 is 2.67 bits per heavy atom. The summed E-state index contributed by atoms with van der Waals surface area (Å²) in [5, 5.41) is 7.04. The predicted octanol–water partition coefficient (Wildman–Crippen LogP) is 5.66. The van der Waals surface area contributed by atoms with Crippen LogP contribution in [0.25, 0.3) is 0 Å². The lowest BCUT2D eigenvalue weighted by atomic mass is 10.1. The van der Waals surface area contributed by atoms with Gasteiger partial charge in [-0.25, -0.2) is 0 Å². The van der Waals surface area contributed by atoms with Crippen molar-refractivity contribution in [2.24, 2.45) is 0 Å². The molecule has 0 bridgehead atoms. The summed E-state index contributed by atoms with van der Waals surface area (Å²) in [6.07, 6.45) is 9.29. The quantitative estimate of drug-likeness (QED) is 0.600. The first-order valence-corrected chi connectivity index (χ1v) is 7.93. The standard InChI is InChI=1S/C17H28N2.2ClH/c1-3-4-5-6-7-8-14(2)19-16-9-10-17-15(13-16)11-12-18-17;;/h9-10,13-14,18-19H,3-8,11-12H2,1-2H3;2*1H. The molecule has 1 aromatic carbocycles. The van der Waals surface area contributed by atoms with Crippen molar-refractivity contribution < 1.29 is 0 Å². The van der Waals surface area contributed by atoms with Gasteiger partial charge >= 0.3 is 0 Å². The Morgan fingerprint density at radius 1 is 1.14 bits per heavy atom. The van der Waals surface area contributed by atoms with E-state index >= 15 is 0 Å².